The predicted octanol–water partition coefficient (Wildman–Crippen LogP) is 0.519. The first-order chi connectivity index (χ1) is 8.13. The van der Waals surface area contributed by atoms with E-state index >= 15 is 0 Å². The Balaban J connectivity index is 2.38. The molecule has 0 saturated carbocycles. The van der Waals surface area contributed by atoms with E-state index in [0.717, 1.165) is 18.8 Å². The molecule has 94 valence electrons. The van der Waals surface area contributed by atoms with Gasteiger partial charge in [0, 0.05) is 25.8 Å². The van der Waals surface area contributed by atoms with Crippen molar-refractivity contribution in [2.24, 2.45) is 0 Å². The van der Waals surface area contributed by atoms with Gasteiger partial charge in [0.2, 0.25) is 0 Å². The van der Waals surface area contributed by atoms with Crippen LogP contribution in [0.3, 0.4) is 0 Å². The average molecular weight is 237 g/mol. The Morgan fingerprint density at radius 3 is 2.76 bits per heavy atom. The molecule has 0 aliphatic rings. The quantitative estimate of drug-likeness (QED) is 0.577. The summed E-state index contributed by atoms with van der Waals surface area (Å²) in [5.41, 5.74) is 1.39. The molecule has 0 amide bonds. The molecule has 0 spiro atoms. The first-order valence-electron chi connectivity index (χ1n) is 5.52. The van der Waals surface area contributed by atoms with E-state index in [1.165, 1.54) is 13.3 Å². The number of pyridine rings is 1. The van der Waals surface area contributed by atoms with Crippen LogP contribution in [0.4, 0.5) is 0 Å². The van der Waals surface area contributed by atoms with Gasteiger partial charge < -0.3 is 15.0 Å². The highest BCUT2D eigenvalue weighted by Crippen LogP contribution is 2.01. The van der Waals surface area contributed by atoms with Gasteiger partial charge in [0.05, 0.1) is 18.4 Å². The maximum Gasteiger partial charge on any atom is 0.339 e. The SMILES string of the molecule is COC(=O)c1ccc(CNCCN(C)C)nc1. The van der Waals surface area contributed by atoms with Crippen molar-refractivity contribution < 1.29 is 9.53 Å². The lowest BCUT2D eigenvalue weighted by Gasteiger charge is -2.10. The Labute approximate surface area is 102 Å². The van der Waals surface area contributed by atoms with Crippen molar-refractivity contribution in [1.29, 1.82) is 0 Å². The molecule has 1 N–H and O–H groups in total. The first kappa shape index (κ1) is 13.6. The van der Waals surface area contributed by atoms with Crippen LogP contribution in [0.15, 0.2) is 18.3 Å². The van der Waals surface area contributed by atoms with E-state index in [2.05, 4.69) is 19.9 Å². The van der Waals surface area contributed by atoms with Gasteiger partial charge in [-0.3, -0.25) is 4.98 Å². The Bertz CT molecular complexity index is 349. The molecule has 0 saturated heterocycles. The lowest BCUT2D eigenvalue weighted by molar-refractivity contribution is 0.0600. The number of likely N-dealkylation sites (N-methyl/N-ethyl adjacent to an activating group) is 1. The molecule has 1 aromatic heterocycles. The van der Waals surface area contributed by atoms with Gasteiger partial charge in [-0.25, -0.2) is 4.79 Å². The second-order valence-electron chi connectivity index (χ2n) is 4.01. The molecule has 0 aromatic carbocycles. The molecule has 1 aromatic rings. The predicted molar refractivity (Wildman–Crippen MR) is 65.8 cm³/mol. The van der Waals surface area contributed by atoms with Crippen LogP contribution in [0.25, 0.3) is 0 Å². The summed E-state index contributed by atoms with van der Waals surface area (Å²) in [7, 11) is 5.43. The van der Waals surface area contributed by atoms with Gasteiger partial charge in [-0.05, 0) is 26.2 Å². The van der Waals surface area contributed by atoms with Crippen molar-refractivity contribution in [2.75, 3.05) is 34.3 Å². The zero-order valence-electron chi connectivity index (χ0n) is 10.6. The van der Waals surface area contributed by atoms with Crippen LogP contribution in [-0.4, -0.2) is 50.1 Å². The summed E-state index contributed by atoms with van der Waals surface area (Å²) in [6, 6.07) is 3.55. The van der Waals surface area contributed by atoms with E-state index < -0.39 is 0 Å². The van der Waals surface area contributed by atoms with Crippen molar-refractivity contribution in [2.45, 2.75) is 6.54 Å². The van der Waals surface area contributed by atoms with Crippen LogP contribution in [0.1, 0.15) is 16.1 Å². The van der Waals surface area contributed by atoms with Gasteiger partial charge in [-0.2, -0.15) is 0 Å². The van der Waals surface area contributed by atoms with Crippen LogP contribution in [0.2, 0.25) is 0 Å². The van der Waals surface area contributed by atoms with Crippen LogP contribution in [-0.2, 0) is 11.3 Å². The minimum Gasteiger partial charge on any atom is -0.465 e. The highest BCUT2D eigenvalue weighted by Gasteiger charge is 2.04. The van der Waals surface area contributed by atoms with E-state index in [9.17, 15) is 4.79 Å². The number of nitrogens with one attached hydrogen (secondary N) is 1. The summed E-state index contributed by atoms with van der Waals surface area (Å²) in [5.74, 6) is -0.357. The minimum atomic E-state index is -0.357. The highest BCUT2D eigenvalue weighted by atomic mass is 16.5. The molecular formula is C12H19N3O2. The van der Waals surface area contributed by atoms with E-state index in [0.29, 0.717) is 12.1 Å². The lowest BCUT2D eigenvalue weighted by Crippen LogP contribution is -2.26. The molecule has 0 unspecified atom stereocenters. The second-order valence-corrected chi connectivity index (χ2v) is 4.01. The number of aromatic nitrogens is 1. The Morgan fingerprint density at radius 1 is 1.47 bits per heavy atom. The summed E-state index contributed by atoms with van der Waals surface area (Å²) < 4.78 is 4.60. The monoisotopic (exact) mass is 237 g/mol. The summed E-state index contributed by atoms with van der Waals surface area (Å²) in [6.07, 6.45) is 1.54. The fraction of sp³-hybridized carbons (Fsp3) is 0.500. The van der Waals surface area contributed by atoms with Gasteiger partial charge in [0.25, 0.3) is 0 Å². The molecule has 17 heavy (non-hydrogen) atoms. The molecule has 0 radical (unpaired) electrons. The molecule has 0 aliphatic carbocycles. The van der Waals surface area contributed by atoms with Crippen molar-refractivity contribution in [3.05, 3.63) is 29.6 Å². The van der Waals surface area contributed by atoms with Crippen LogP contribution < -0.4 is 5.32 Å². The third-order valence-electron chi connectivity index (χ3n) is 2.29. The number of hydrogen-bond acceptors (Lipinski definition) is 5. The molecule has 0 aliphatic heterocycles. The standard InChI is InChI=1S/C12H19N3O2/c1-15(2)7-6-13-9-11-5-4-10(8-14-11)12(16)17-3/h4-5,8,13H,6-7,9H2,1-3H3. The smallest absolute Gasteiger partial charge is 0.339 e. The lowest BCUT2D eigenvalue weighted by atomic mass is 10.2. The third kappa shape index (κ3) is 4.93. The van der Waals surface area contributed by atoms with Crippen molar-refractivity contribution in [3.8, 4) is 0 Å². The van der Waals surface area contributed by atoms with Gasteiger partial charge in [0.1, 0.15) is 0 Å². The van der Waals surface area contributed by atoms with E-state index in [4.69, 9.17) is 0 Å². The first-order valence-corrected chi connectivity index (χ1v) is 5.52. The highest BCUT2D eigenvalue weighted by molar-refractivity contribution is 5.88. The van der Waals surface area contributed by atoms with E-state index in [1.807, 2.05) is 20.2 Å². The normalized spacial score (nSPS) is 10.6. The van der Waals surface area contributed by atoms with Crippen LogP contribution in [0.5, 0.6) is 0 Å². The zero-order valence-corrected chi connectivity index (χ0v) is 10.6. The fourth-order valence-corrected chi connectivity index (χ4v) is 1.29. The molecule has 0 atom stereocenters. The van der Waals surface area contributed by atoms with Gasteiger partial charge in [-0.15, -0.1) is 0 Å². The summed E-state index contributed by atoms with van der Waals surface area (Å²) in [6.45, 7) is 2.60. The molecule has 5 heteroatoms. The topological polar surface area (TPSA) is 54.5 Å². The average Bonchev–Trinajstić information content (AvgIpc) is 2.34. The van der Waals surface area contributed by atoms with E-state index in [1.54, 1.807) is 6.07 Å². The Morgan fingerprint density at radius 2 is 2.24 bits per heavy atom. The van der Waals surface area contributed by atoms with E-state index in [-0.39, 0.29) is 5.97 Å². The summed E-state index contributed by atoms with van der Waals surface area (Å²) in [5, 5.41) is 3.28. The zero-order chi connectivity index (χ0) is 12.7. The molecule has 1 rings (SSSR count). The number of methoxy groups -OCH3 is 1. The van der Waals surface area contributed by atoms with Gasteiger partial charge >= 0.3 is 5.97 Å². The van der Waals surface area contributed by atoms with Gasteiger partial charge in [0.15, 0.2) is 0 Å². The summed E-state index contributed by atoms with van der Waals surface area (Å²) in [4.78, 5) is 17.5. The largest absolute Gasteiger partial charge is 0.465 e. The molecule has 0 bridgehead atoms. The van der Waals surface area contributed by atoms with Crippen molar-refractivity contribution >= 4 is 5.97 Å². The van der Waals surface area contributed by atoms with Crippen LogP contribution in [0, 0.1) is 0 Å². The maximum atomic E-state index is 11.2. The number of nitrogens with zero attached hydrogens (tertiary/aromatic N) is 2. The fourth-order valence-electron chi connectivity index (χ4n) is 1.29. The number of carbonyl (C=O) groups is 1. The van der Waals surface area contributed by atoms with Crippen molar-refractivity contribution in [1.82, 2.24) is 15.2 Å². The third-order valence-corrected chi connectivity index (χ3v) is 2.29. The number of rotatable bonds is 6. The van der Waals surface area contributed by atoms with Crippen LogP contribution >= 0.6 is 0 Å². The minimum absolute atomic E-state index is 0.357. The molecule has 0 fully saturated rings. The summed E-state index contributed by atoms with van der Waals surface area (Å²) >= 11 is 0. The number of hydrogen-bond donors (Lipinski definition) is 1. The number of ether oxygens (including phenoxy) is 1. The van der Waals surface area contributed by atoms with Gasteiger partial charge in [-0.1, -0.05) is 0 Å². The molecule has 5 nitrogen and oxygen atoms in total. The van der Waals surface area contributed by atoms with Crippen molar-refractivity contribution in [3.63, 3.8) is 0 Å². The Hall–Kier alpha value is -1.46. The maximum absolute atomic E-state index is 11.2. The number of carbonyl (C=O) groups excluding carboxylic acids is 1. The second kappa shape index (κ2) is 6.98. The molecule has 1 heterocycles. The number of esters is 1. The molecular weight excluding hydrogens is 218 g/mol. The Kier molecular flexibility index (Phi) is 5.59.